The Bertz CT molecular complexity index is 976. The van der Waals surface area contributed by atoms with Gasteiger partial charge in [0.1, 0.15) is 13.2 Å². The normalized spacial score (nSPS) is 16.2. The minimum atomic E-state index is -3.71. The Labute approximate surface area is 164 Å². The summed E-state index contributed by atoms with van der Waals surface area (Å²) < 4.78 is 50.0. The molecule has 0 saturated carbocycles. The molecule has 2 aliphatic heterocycles. The first kappa shape index (κ1) is 18.9. The van der Waals surface area contributed by atoms with Crippen LogP contribution in [0.3, 0.4) is 0 Å². The minimum absolute atomic E-state index is 0.139. The van der Waals surface area contributed by atoms with Crippen LogP contribution in [0.1, 0.15) is 11.6 Å². The molecular formula is C19H22N2O6S. The number of rotatable bonds is 6. The fourth-order valence-electron chi connectivity index (χ4n) is 3.18. The second kappa shape index (κ2) is 7.50. The lowest BCUT2D eigenvalue weighted by Gasteiger charge is -2.25. The van der Waals surface area contributed by atoms with Gasteiger partial charge in [0.05, 0.1) is 4.90 Å². The zero-order valence-electron chi connectivity index (χ0n) is 15.7. The summed E-state index contributed by atoms with van der Waals surface area (Å²) in [6.45, 7) is 1.25. The minimum Gasteiger partial charge on any atom is -0.486 e. The Hall–Kier alpha value is -2.49. The Morgan fingerprint density at radius 1 is 0.929 bits per heavy atom. The number of nitrogens with one attached hydrogen (secondary N) is 1. The van der Waals surface area contributed by atoms with E-state index in [1.54, 1.807) is 6.07 Å². The van der Waals surface area contributed by atoms with Crippen LogP contribution >= 0.6 is 0 Å². The summed E-state index contributed by atoms with van der Waals surface area (Å²) in [6, 6.07) is 10.1. The standard InChI is InChI=1S/C19H22N2O6S/c1-21(2)15(13-3-5-17-18(9-13)27-12-26-17)11-20-28(22,23)14-4-6-16-19(10-14)25-8-7-24-16/h3-6,9-10,15,20H,7-8,11-12H2,1-2H3. The van der Waals surface area contributed by atoms with E-state index in [0.29, 0.717) is 36.2 Å². The smallest absolute Gasteiger partial charge is 0.240 e. The molecule has 1 unspecified atom stereocenters. The predicted molar refractivity (Wildman–Crippen MR) is 102 cm³/mol. The third-order valence-corrected chi connectivity index (χ3v) is 6.12. The Balaban J connectivity index is 1.52. The largest absolute Gasteiger partial charge is 0.486 e. The molecular weight excluding hydrogens is 384 g/mol. The van der Waals surface area contributed by atoms with E-state index in [1.807, 2.05) is 37.2 Å². The van der Waals surface area contributed by atoms with Crippen LogP contribution in [0, 0.1) is 0 Å². The third kappa shape index (κ3) is 3.73. The van der Waals surface area contributed by atoms with Gasteiger partial charge < -0.3 is 23.8 Å². The van der Waals surface area contributed by atoms with E-state index in [4.69, 9.17) is 18.9 Å². The monoisotopic (exact) mass is 406 g/mol. The summed E-state index contributed by atoms with van der Waals surface area (Å²) >= 11 is 0. The lowest BCUT2D eigenvalue weighted by Crippen LogP contribution is -2.34. The zero-order chi connectivity index (χ0) is 19.7. The van der Waals surface area contributed by atoms with Gasteiger partial charge in [0.25, 0.3) is 0 Å². The molecule has 0 fully saturated rings. The molecule has 2 aromatic carbocycles. The Kier molecular flexibility index (Phi) is 5.05. The molecule has 0 aromatic heterocycles. The third-order valence-electron chi connectivity index (χ3n) is 4.70. The van der Waals surface area contributed by atoms with Crippen molar-refractivity contribution < 1.29 is 27.4 Å². The summed E-state index contributed by atoms with van der Waals surface area (Å²) in [5.74, 6) is 2.35. The van der Waals surface area contributed by atoms with Crippen LogP contribution in [-0.2, 0) is 10.0 Å². The lowest BCUT2D eigenvalue weighted by atomic mass is 10.1. The number of fused-ring (bicyclic) bond motifs is 2. The van der Waals surface area contributed by atoms with Gasteiger partial charge in [-0.05, 0) is 43.9 Å². The van der Waals surface area contributed by atoms with Crippen molar-refractivity contribution in [1.29, 1.82) is 0 Å². The fraction of sp³-hybridized carbons (Fsp3) is 0.368. The van der Waals surface area contributed by atoms with E-state index in [9.17, 15) is 8.42 Å². The van der Waals surface area contributed by atoms with Crippen molar-refractivity contribution in [3.63, 3.8) is 0 Å². The summed E-state index contributed by atoms with van der Waals surface area (Å²) in [7, 11) is 0.0829. The average Bonchev–Trinajstić information content (AvgIpc) is 3.15. The summed E-state index contributed by atoms with van der Waals surface area (Å²) in [4.78, 5) is 2.09. The van der Waals surface area contributed by atoms with E-state index in [1.165, 1.54) is 12.1 Å². The van der Waals surface area contributed by atoms with Crippen molar-refractivity contribution in [2.45, 2.75) is 10.9 Å². The molecule has 1 atom stereocenters. The number of ether oxygens (including phenoxy) is 4. The van der Waals surface area contributed by atoms with Gasteiger partial charge in [-0.1, -0.05) is 6.07 Å². The first-order valence-electron chi connectivity index (χ1n) is 8.89. The molecule has 0 bridgehead atoms. The molecule has 4 rings (SSSR count). The number of hydrogen-bond donors (Lipinski definition) is 1. The fourth-order valence-corrected chi connectivity index (χ4v) is 4.24. The molecule has 2 heterocycles. The van der Waals surface area contributed by atoms with Crippen LogP contribution in [0.2, 0.25) is 0 Å². The van der Waals surface area contributed by atoms with E-state index in [-0.39, 0.29) is 24.3 Å². The topological polar surface area (TPSA) is 86.3 Å². The number of benzene rings is 2. The molecule has 0 aliphatic carbocycles. The van der Waals surface area contributed by atoms with Gasteiger partial charge in [-0.2, -0.15) is 0 Å². The van der Waals surface area contributed by atoms with Gasteiger partial charge in [0.2, 0.25) is 16.8 Å². The van der Waals surface area contributed by atoms with Gasteiger partial charge in [-0.25, -0.2) is 13.1 Å². The average molecular weight is 406 g/mol. The summed E-state index contributed by atoms with van der Waals surface area (Å²) in [6.07, 6.45) is 0. The Morgan fingerprint density at radius 2 is 1.57 bits per heavy atom. The molecule has 0 spiro atoms. The Morgan fingerprint density at radius 3 is 2.36 bits per heavy atom. The predicted octanol–water partition coefficient (Wildman–Crippen LogP) is 1.77. The molecule has 0 radical (unpaired) electrons. The number of likely N-dealkylation sites (N-methyl/N-ethyl adjacent to an activating group) is 1. The highest BCUT2D eigenvalue weighted by Gasteiger charge is 2.24. The highest BCUT2D eigenvalue weighted by Crippen LogP contribution is 2.35. The SMILES string of the molecule is CN(C)C(CNS(=O)(=O)c1ccc2c(c1)OCCO2)c1ccc2c(c1)OCO2. The van der Waals surface area contributed by atoms with Crippen molar-refractivity contribution in [3.8, 4) is 23.0 Å². The molecule has 1 N–H and O–H groups in total. The maximum absolute atomic E-state index is 12.8. The molecule has 2 aromatic rings. The first-order valence-corrected chi connectivity index (χ1v) is 10.4. The number of hydrogen-bond acceptors (Lipinski definition) is 7. The van der Waals surface area contributed by atoms with Crippen LogP contribution in [-0.4, -0.2) is 54.0 Å². The zero-order valence-corrected chi connectivity index (χ0v) is 16.5. The molecule has 28 heavy (non-hydrogen) atoms. The van der Waals surface area contributed by atoms with Gasteiger partial charge in [-0.3, -0.25) is 0 Å². The molecule has 9 heteroatoms. The van der Waals surface area contributed by atoms with Crippen molar-refractivity contribution in [2.75, 3.05) is 40.6 Å². The highest BCUT2D eigenvalue weighted by molar-refractivity contribution is 7.89. The van der Waals surface area contributed by atoms with Crippen molar-refractivity contribution in [1.82, 2.24) is 9.62 Å². The van der Waals surface area contributed by atoms with Crippen molar-refractivity contribution >= 4 is 10.0 Å². The van der Waals surface area contributed by atoms with E-state index < -0.39 is 10.0 Å². The summed E-state index contributed by atoms with van der Waals surface area (Å²) in [5, 5.41) is 0. The second-order valence-electron chi connectivity index (χ2n) is 6.75. The molecule has 0 saturated heterocycles. The quantitative estimate of drug-likeness (QED) is 0.782. The van der Waals surface area contributed by atoms with Crippen LogP contribution in [0.5, 0.6) is 23.0 Å². The van der Waals surface area contributed by atoms with Crippen LogP contribution in [0.25, 0.3) is 0 Å². The van der Waals surface area contributed by atoms with Crippen molar-refractivity contribution in [3.05, 3.63) is 42.0 Å². The van der Waals surface area contributed by atoms with Gasteiger partial charge in [0.15, 0.2) is 23.0 Å². The van der Waals surface area contributed by atoms with E-state index >= 15 is 0 Å². The second-order valence-corrected chi connectivity index (χ2v) is 8.52. The van der Waals surface area contributed by atoms with Gasteiger partial charge >= 0.3 is 0 Å². The lowest BCUT2D eigenvalue weighted by molar-refractivity contribution is 0.171. The molecule has 150 valence electrons. The van der Waals surface area contributed by atoms with Crippen LogP contribution in [0.15, 0.2) is 41.3 Å². The van der Waals surface area contributed by atoms with E-state index in [0.717, 1.165) is 5.56 Å². The maximum Gasteiger partial charge on any atom is 0.240 e. The molecule has 8 nitrogen and oxygen atoms in total. The summed E-state index contributed by atoms with van der Waals surface area (Å²) in [5.41, 5.74) is 0.930. The van der Waals surface area contributed by atoms with Crippen molar-refractivity contribution in [2.24, 2.45) is 0 Å². The highest BCUT2D eigenvalue weighted by atomic mass is 32.2. The molecule has 0 amide bonds. The van der Waals surface area contributed by atoms with Crippen LogP contribution in [0.4, 0.5) is 0 Å². The number of sulfonamides is 1. The first-order chi connectivity index (χ1) is 13.4. The maximum atomic E-state index is 12.8. The van der Waals surface area contributed by atoms with E-state index in [2.05, 4.69) is 4.72 Å². The van der Waals surface area contributed by atoms with Gasteiger partial charge in [0, 0.05) is 18.7 Å². The number of nitrogens with zero attached hydrogens (tertiary/aromatic N) is 1. The van der Waals surface area contributed by atoms with Crippen LogP contribution < -0.4 is 23.7 Å². The molecule has 2 aliphatic rings. The van der Waals surface area contributed by atoms with Gasteiger partial charge in [-0.15, -0.1) is 0 Å².